The highest BCUT2D eigenvalue weighted by Crippen LogP contribution is 2.10. The highest BCUT2D eigenvalue weighted by molar-refractivity contribution is 5.22. The van der Waals surface area contributed by atoms with Gasteiger partial charge >= 0.3 is 0 Å². The number of hydrogen-bond donors (Lipinski definition) is 0. The van der Waals surface area contributed by atoms with Crippen LogP contribution in [0, 0.1) is 12.8 Å². The smallest absolute Gasteiger partial charge is 0.0256 e. The largest absolute Gasteiger partial charge is 0.0625 e. The molecule has 0 amide bonds. The molecule has 13 heavy (non-hydrogen) atoms. The van der Waals surface area contributed by atoms with Gasteiger partial charge in [0, 0.05) is 0 Å². The average molecular weight is 175 g/mol. The standard InChI is InChI=1S/C13H19/c1-4-5-12-6-8-13(9-7-12)10-11(2)3/h6-9,11H,1,4-5,10H2,2-3H3. The van der Waals surface area contributed by atoms with Gasteiger partial charge in [-0.15, -0.1) is 0 Å². The van der Waals surface area contributed by atoms with E-state index in [4.69, 9.17) is 0 Å². The topological polar surface area (TPSA) is 0 Å². The predicted molar refractivity (Wildman–Crippen MR) is 58.7 cm³/mol. The van der Waals surface area contributed by atoms with E-state index in [-0.39, 0.29) is 0 Å². The Hall–Kier alpha value is -0.780. The molecule has 0 bridgehead atoms. The molecule has 0 saturated heterocycles. The molecule has 0 saturated carbocycles. The summed E-state index contributed by atoms with van der Waals surface area (Å²) in [5.74, 6) is 0.749. The van der Waals surface area contributed by atoms with Crippen LogP contribution in [0.4, 0.5) is 0 Å². The number of hydrogen-bond acceptors (Lipinski definition) is 0. The average Bonchev–Trinajstić information content (AvgIpc) is 2.08. The quantitative estimate of drug-likeness (QED) is 0.655. The normalized spacial score (nSPS) is 10.8. The monoisotopic (exact) mass is 175 g/mol. The SMILES string of the molecule is [CH2]CCc1ccc(CC(C)C)cc1. The maximum absolute atomic E-state index is 3.85. The van der Waals surface area contributed by atoms with Crippen LogP contribution in [0.2, 0.25) is 0 Å². The van der Waals surface area contributed by atoms with Crippen LogP contribution in [-0.4, -0.2) is 0 Å². The van der Waals surface area contributed by atoms with Gasteiger partial charge in [-0.05, 0) is 36.3 Å². The Labute approximate surface area is 82.0 Å². The van der Waals surface area contributed by atoms with Gasteiger partial charge in [-0.25, -0.2) is 0 Å². The summed E-state index contributed by atoms with van der Waals surface area (Å²) in [5.41, 5.74) is 2.85. The van der Waals surface area contributed by atoms with Crippen molar-refractivity contribution in [1.29, 1.82) is 0 Å². The number of benzene rings is 1. The highest BCUT2D eigenvalue weighted by atomic mass is 14.0. The first-order valence-electron chi connectivity index (χ1n) is 5.09. The third-order valence-electron chi connectivity index (χ3n) is 2.13. The lowest BCUT2D eigenvalue weighted by Crippen LogP contribution is -1.94. The van der Waals surface area contributed by atoms with E-state index >= 15 is 0 Å². The summed E-state index contributed by atoms with van der Waals surface area (Å²) in [6.07, 6.45) is 3.27. The van der Waals surface area contributed by atoms with Crippen LogP contribution in [-0.2, 0) is 12.8 Å². The van der Waals surface area contributed by atoms with Crippen molar-refractivity contribution in [1.82, 2.24) is 0 Å². The van der Waals surface area contributed by atoms with Crippen molar-refractivity contribution in [3.8, 4) is 0 Å². The molecule has 0 spiro atoms. The summed E-state index contributed by atoms with van der Waals surface area (Å²) in [6.45, 7) is 8.36. The van der Waals surface area contributed by atoms with Gasteiger partial charge in [0.25, 0.3) is 0 Å². The van der Waals surface area contributed by atoms with E-state index in [1.807, 2.05) is 0 Å². The maximum atomic E-state index is 3.85. The van der Waals surface area contributed by atoms with Gasteiger partial charge in [0.15, 0.2) is 0 Å². The molecule has 1 aromatic rings. The molecule has 0 aliphatic heterocycles. The van der Waals surface area contributed by atoms with Crippen LogP contribution in [0.1, 0.15) is 31.4 Å². The zero-order valence-electron chi connectivity index (χ0n) is 8.72. The summed E-state index contributed by atoms with van der Waals surface area (Å²) in [4.78, 5) is 0. The Morgan fingerprint density at radius 1 is 1.08 bits per heavy atom. The molecule has 0 aliphatic carbocycles. The molecule has 71 valence electrons. The molecule has 1 rings (SSSR count). The third kappa shape index (κ3) is 3.63. The fourth-order valence-corrected chi connectivity index (χ4v) is 1.52. The molecule has 1 aromatic carbocycles. The molecule has 0 heteroatoms. The Morgan fingerprint density at radius 3 is 2.08 bits per heavy atom. The maximum Gasteiger partial charge on any atom is -0.0256 e. The van der Waals surface area contributed by atoms with Gasteiger partial charge in [-0.1, -0.05) is 45.0 Å². The van der Waals surface area contributed by atoms with Gasteiger partial charge in [0.1, 0.15) is 0 Å². The molecule has 0 aromatic heterocycles. The zero-order valence-corrected chi connectivity index (χ0v) is 8.72. The van der Waals surface area contributed by atoms with Crippen LogP contribution in [0.25, 0.3) is 0 Å². The van der Waals surface area contributed by atoms with E-state index in [1.54, 1.807) is 0 Å². The molecule has 0 N–H and O–H groups in total. The fraction of sp³-hybridized carbons (Fsp3) is 0.462. The summed E-state index contributed by atoms with van der Waals surface area (Å²) in [5, 5.41) is 0. The zero-order chi connectivity index (χ0) is 9.68. The minimum Gasteiger partial charge on any atom is -0.0625 e. The van der Waals surface area contributed by atoms with E-state index in [0.717, 1.165) is 18.8 Å². The van der Waals surface area contributed by atoms with Crippen LogP contribution in [0.15, 0.2) is 24.3 Å². The van der Waals surface area contributed by atoms with Crippen LogP contribution in [0.3, 0.4) is 0 Å². The lowest BCUT2D eigenvalue weighted by molar-refractivity contribution is 0.647. The lowest BCUT2D eigenvalue weighted by Gasteiger charge is -2.05. The first kappa shape index (κ1) is 10.3. The Balaban J connectivity index is 2.59. The van der Waals surface area contributed by atoms with E-state index in [1.165, 1.54) is 17.5 Å². The van der Waals surface area contributed by atoms with Crippen molar-refractivity contribution >= 4 is 0 Å². The number of aryl methyl sites for hydroxylation is 1. The van der Waals surface area contributed by atoms with Gasteiger partial charge in [0.2, 0.25) is 0 Å². The second-order valence-electron chi connectivity index (χ2n) is 4.02. The predicted octanol–water partition coefficient (Wildman–Crippen LogP) is 3.65. The van der Waals surface area contributed by atoms with Gasteiger partial charge in [0.05, 0.1) is 0 Å². The van der Waals surface area contributed by atoms with E-state index in [9.17, 15) is 0 Å². The molecule has 0 unspecified atom stereocenters. The third-order valence-corrected chi connectivity index (χ3v) is 2.13. The number of rotatable bonds is 4. The van der Waals surface area contributed by atoms with Crippen molar-refractivity contribution in [2.75, 3.05) is 0 Å². The second-order valence-corrected chi connectivity index (χ2v) is 4.02. The molecule has 0 nitrogen and oxygen atoms in total. The Kier molecular flexibility index (Phi) is 4.01. The first-order valence-corrected chi connectivity index (χ1v) is 5.09. The van der Waals surface area contributed by atoms with E-state index in [0.29, 0.717) is 0 Å². The molecule has 0 fully saturated rings. The molecule has 0 aliphatic rings. The van der Waals surface area contributed by atoms with Crippen LogP contribution in [0.5, 0.6) is 0 Å². The van der Waals surface area contributed by atoms with Gasteiger partial charge < -0.3 is 0 Å². The summed E-state index contributed by atoms with van der Waals surface area (Å²) >= 11 is 0. The van der Waals surface area contributed by atoms with E-state index < -0.39 is 0 Å². The second kappa shape index (κ2) is 5.06. The summed E-state index contributed by atoms with van der Waals surface area (Å²) < 4.78 is 0. The van der Waals surface area contributed by atoms with Crippen molar-refractivity contribution in [3.05, 3.63) is 42.3 Å². The van der Waals surface area contributed by atoms with Crippen molar-refractivity contribution < 1.29 is 0 Å². The molecule has 0 heterocycles. The lowest BCUT2D eigenvalue weighted by atomic mass is 10.0. The van der Waals surface area contributed by atoms with Crippen LogP contribution < -0.4 is 0 Å². The molecule has 1 radical (unpaired) electrons. The van der Waals surface area contributed by atoms with E-state index in [2.05, 4.69) is 45.0 Å². The van der Waals surface area contributed by atoms with Gasteiger partial charge in [-0.3, -0.25) is 0 Å². The highest BCUT2D eigenvalue weighted by Gasteiger charge is 1.97. The van der Waals surface area contributed by atoms with Crippen molar-refractivity contribution in [2.24, 2.45) is 5.92 Å². The van der Waals surface area contributed by atoms with Crippen LogP contribution >= 0.6 is 0 Å². The van der Waals surface area contributed by atoms with Crippen molar-refractivity contribution in [2.45, 2.75) is 33.1 Å². The first-order chi connectivity index (χ1) is 6.22. The molecule has 0 atom stereocenters. The van der Waals surface area contributed by atoms with Gasteiger partial charge in [-0.2, -0.15) is 0 Å². The molecular formula is C13H19. The summed E-state index contributed by atoms with van der Waals surface area (Å²) in [6, 6.07) is 8.93. The summed E-state index contributed by atoms with van der Waals surface area (Å²) in [7, 11) is 0. The molecular weight excluding hydrogens is 156 g/mol. The Bertz CT molecular complexity index is 231. The minimum absolute atomic E-state index is 0.749. The van der Waals surface area contributed by atoms with Crippen molar-refractivity contribution in [3.63, 3.8) is 0 Å². The minimum atomic E-state index is 0.749. The fourth-order valence-electron chi connectivity index (χ4n) is 1.52. The Morgan fingerprint density at radius 2 is 1.62 bits per heavy atom.